The molecule has 12 nitrogen and oxygen atoms in total. The first-order chi connectivity index (χ1) is 33.4. The highest BCUT2D eigenvalue weighted by molar-refractivity contribution is 5.96. The van der Waals surface area contributed by atoms with Gasteiger partial charge in [0.15, 0.2) is 5.82 Å². The molecule has 2 aromatic heterocycles. The Balaban J connectivity index is 1.12. The summed E-state index contributed by atoms with van der Waals surface area (Å²) >= 11 is 0. The molecule has 5 aromatic rings. The molecule has 70 heavy (non-hydrogen) atoms. The Bertz CT molecular complexity index is 2700. The molecule has 0 radical (unpaired) electrons. The zero-order chi connectivity index (χ0) is 49.3. The van der Waals surface area contributed by atoms with Gasteiger partial charge in [-0.1, -0.05) is 24.3 Å². The van der Waals surface area contributed by atoms with Gasteiger partial charge in [-0.3, -0.25) is 9.80 Å². The van der Waals surface area contributed by atoms with Crippen molar-refractivity contribution < 1.29 is 45.7 Å². The number of carbonyl (C=O) groups excluding carboxylic acids is 1. The van der Waals surface area contributed by atoms with E-state index in [4.69, 9.17) is 33.9 Å². The van der Waals surface area contributed by atoms with Crippen molar-refractivity contribution in [2.24, 2.45) is 0 Å². The molecule has 1 aliphatic carbocycles. The lowest BCUT2D eigenvalue weighted by atomic mass is 9.92. The van der Waals surface area contributed by atoms with Crippen molar-refractivity contribution in [2.45, 2.75) is 127 Å². The molecule has 5 aliphatic rings. The summed E-state index contributed by atoms with van der Waals surface area (Å²) in [5.74, 6) is 0.685. The van der Waals surface area contributed by atoms with Crippen molar-refractivity contribution in [2.75, 3.05) is 56.8 Å². The summed E-state index contributed by atoms with van der Waals surface area (Å²) in [5.41, 5.74) is -1.32. The topological polar surface area (TPSA) is 106 Å². The molecule has 3 aromatic carbocycles. The van der Waals surface area contributed by atoms with Crippen LogP contribution in [0.1, 0.15) is 99.5 Å². The maximum Gasteiger partial charge on any atom is 0.418 e. The van der Waals surface area contributed by atoms with Gasteiger partial charge in [0.1, 0.15) is 47.0 Å². The number of hydrogen-bond donors (Lipinski definition) is 0. The molecule has 0 N–H and O–H groups in total. The van der Waals surface area contributed by atoms with E-state index < -0.39 is 46.7 Å². The van der Waals surface area contributed by atoms with Gasteiger partial charge in [0.05, 0.1) is 43.1 Å². The molecule has 17 heteroatoms. The number of ether oxygens (including phenoxy) is 4. The predicted octanol–water partition coefficient (Wildman–Crippen LogP) is 10.8. The number of rotatable bonds is 13. The van der Waals surface area contributed by atoms with Crippen LogP contribution in [0.25, 0.3) is 22.2 Å². The second kappa shape index (κ2) is 18.3. The van der Waals surface area contributed by atoms with Crippen LogP contribution in [0.4, 0.5) is 38.4 Å². The fourth-order valence-electron chi connectivity index (χ4n) is 11.3. The van der Waals surface area contributed by atoms with Crippen molar-refractivity contribution in [1.82, 2.24) is 24.8 Å². The second-order valence-corrected chi connectivity index (χ2v) is 20.8. The highest BCUT2D eigenvalue weighted by Crippen LogP contribution is 2.51. The van der Waals surface area contributed by atoms with Gasteiger partial charge in [-0.05, 0) is 137 Å². The maximum atomic E-state index is 18.4. The molecular weight excluding hydrogens is 910 g/mol. The normalized spacial score (nSPS) is 22.4. The number of aryl methyl sites for hydroxylation is 1. The van der Waals surface area contributed by atoms with Crippen molar-refractivity contribution in [1.29, 1.82) is 0 Å². The van der Waals surface area contributed by atoms with Gasteiger partial charge < -0.3 is 28.7 Å². The predicted molar refractivity (Wildman–Crippen MR) is 256 cm³/mol. The van der Waals surface area contributed by atoms with E-state index >= 15 is 17.6 Å². The van der Waals surface area contributed by atoms with Crippen LogP contribution in [0.3, 0.4) is 0 Å². The lowest BCUT2D eigenvalue weighted by Crippen LogP contribution is -2.57. The number of methoxy groups -OCH3 is 2. The van der Waals surface area contributed by atoms with Gasteiger partial charge in [0.25, 0.3) is 0 Å². The van der Waals surface area contributed by atoms with Crippen molar-refractivity contribution >= 4 is 28.6 Å². The van der Waals surface area contributed by atoms with Gasteiger partial charge >= 0.3 is 18.3 Å². The van der Waals surface area contributed by atoms with Gasteiger partial charge in [-0.2, -0.15) is 23.1 Å². The van der Waals surface area contributed by atoms with Crippen LogP contribution in [0.15, 0.2) is 60.7 Å². The largest absolute Gasteiger partial charge is 0.497 e. The molecule has 1 saturated carbocycles. The minimum absolute atomic E-state index is 0.0594. The van der Waals surface area contributed by atoms with E-state index in [2.05, 4.69) is 4.90 Å². The zero-order valence-electron chi connectivity index (χ0n) is 40.5. The Morgan fingerprint density at radius 2 is 1.49 bits per heavy atom. The van der Waals surface area contributed by atoms with Crippen LogP contribution >= 0.6 is 0 Å². The Hall–Kier alpha value is -5.97. The number of pyridine rings is 1. The first-order valence-corrected chi connectivity index (χ1v) is 24.3. The summed E-state index contributed by atoms with van der Waals surface area (Å²) in [4.78, 5) is 35.9. The molecule has 2 unspecified atom stereocenters. The van der Waals surface area contributed by atoms with Crippen LogP contribution in [0.2, 0.25) is 0 Å². The van der Waals surface area contributed by atoms with E-state index in [0.29, 0.717) is 67.2 Å². The standard InChI is InChI=1S/C53H60F5N7O5/c1-31-22-42(62(25-32-8-16-38(67-5)17-9-32)26-33-10-18-39(68-6)19-11-33)59-47(44(31)53(56,57)58)43-40(34-12-13-34)23-41-46(45(43)55)60-49(69-30-52-20-7-21-64(52)27-35(54)24-52)61-48(41)63-28-36-14-15-37(29-63)65(36)50(66)70-51(2,3)4/h8-11,16-19,22-23,34-37H,7,12-15,20-21,24-30H2,1-6H3/t35-,36?,37?,52+/m1/s1. The molecule has 5 fully saturated rings. The summed E-state index contributed by atoms with van der Waals surface area (Å²) in [6.07, 6.45) is -1.75. The van der Waals surface area contributed by atoms with E-state index in [9.17, 15) is 9.18 Å². The molecule has 6 heterocycles. The molecule has 2 bridgehead atoms. The van der Waals surface area contributed by atoms with Gasteiger partial charge in [0.2, 0.25) is 0 Å². The lowest BCUT2D eigenvalue weighted by Gasteiger charge is -2.42. The number of nitrogens with zero attached hydrogens (tertiary/aromatic N) is 7. The van der Waals surface area contributed by atoms with Crippen LogP contribution in [-0.2, 0) is 24.0 Å². The number of benzene rings is 3. The van der Waals surface area contributed by atoms with Gasteiger partial charge in [-0.25, -0.2) is 18.6 Å². The molecule has 0 spiro atoms. The number of alkyl halides is 4. The number of aromatic nitrogens is 3. The number of carbonyl (C=O) groups is 1. The number of amides is 1. The summed E-state index contributed by atoms with van der Waals surface area (Å²) in [6.45, 7) is 9.17. The van der Waals surface area contributed by atoms with Crippen LogP contribution in [0, 0.1) is 12.7 Å². The van der Waals surface area contributed by atoms with Crippen molar-refractivity contribution in [3.05, 3.63) is 94.3 Å². The molecule has 1 amide bonds. The molecule has 4 saturated heterocycles. The molecule has 10 rings (SSSR count). The van der Waals surface area contributed by atoms with Gasteiger partial charge in [-0.15, -0.1) is 0 Å². The van der Waals surface area contributed by atoms with E-state index in [-0.39, 0.29) is 72.6 Å². The van der Waals surface area contributed by atoms with Crippen LogP contribution < -0.4 is 24.0 Å². The monoisotopic (exact) mass is 969 g/mol. The minimum Gasteiger partial charge on any atom is -0.497 e. The van der Waals surface area contributed by atoms with Crippen LogP contribution in [-0.4, -0.2) is 107 Å². The highest BCUT2D eigenvalue weighted by Gasteiger charge is 2.50. The van der Waals surface area contributed by atoms with E-state index in [1.807, 2.05) is 79.1 Å². The number of halogens is 5. The average molecular weight is 970 g/mol. The smallest absolute Gasteiger partial charge is 0.418 e. The number of piperazine rings is 1. The molecule has 4 aliphatic heterocycles. The van der Waals surface area contributed by atoms with Crippen molar-refractivity contribution in [3.8, 4) is 28.8 Å². The number of fused-ring (bicyclic) bond motifs is 4. The Morgan fingerprint density at radius 1 is 0.857 bits per heavy atom. The third-order valence-electron chi connectivity index (χ3n) is 14.7. The molecule has 4 atom stereocenters. The molecule has 372 valence electrons. The maximum absolute atomic E-state index is 18.4. The Morgan fingerprint density at radius 3 is 2.06 bits per heavy atom. The highest BCUT2D eigenvalue weighted by atomic mass is 19.4. The summed E-state index contributed by atoms with van der Waals surface area (Å²) in [5, 5.41) is 0.327. The van der Waals surface area contributed by atoms with Gasteiger partial charge in [0, 0.05) is 50.1 Å². The first kappa shape index (κ1) is 47.7. The van der Waals surface area contributed by atoms with E-state index in [1.165, 1.54) is 13.0 Å². The lowest BCUT2D eigenvalue weighted by molar-refractivity contribution is -0.137. The Labute approximate surface area is 405 Å². The van der Waals surface area contributed by atoms with E-state index in [1.54, 1.807) is 25.2 Å². The number of hydrogen-bond acceptors (Lipinski definition) is 11. The Kier molecular flexibility index (Phi) is 12.5. The third-order valence-corrected chi connectivity index (χ3v) is 14.7. The summed E-state index contributed by atoms with van der Waals surface area (Å²) < 4.78 is 103. The fourth-order valence-corrected chi connectivity index (χ4v) is 11.3. The first-order valence-electron chi connectivity index (χ1n) is 24.3. The summed E-state index contributed by atoms with van der Waals surface area (Å²) in [6, 6.07) is 17.4. The average Bonchev–Trinajstić information content (AvgIpc) is 3.94. The van der Waals surface area contributed by atoms with Crippen LogP contribution in [0.5, 0.6) is 17.5 Å². The molecular formula is C53H60F5N7O5. The fraction of sp³-hybridized carbons (Fsp3) is 0.509. The van der Waals surface area contributed by atoms with Crippen molar-refractivity contribution in [3.63, 3.8) is 0 Å². The second-order valence-electron chi connectivity index (χ2n) is 20.8. The quantitative estimate of drug-likeness (QED) is 0.105. The number of anilines is 2. The minimum atomic E-state index is -4.91. The third kappa shape index (κ3) is 9.37. The van der Waals surface area contributed by atoms with E-state index in [0.717, 1.165) is 36.9 Å². The zero-order valence-corrected chi connectivity index (χ0v) is 40.5. The summed E-state index contributed by atoms with van der Waals surface area (Å²) in [7, 11) is 3.15. The SMILES string of the molecule is COc1ccc(CN(Cc2ccc(OC)cc2)c2cc(C)c(C(F)(F)F)c(-c3c(C4CC4)cc4c(N5CC6CCC(C5)N6C(=O)OC(C)(C)C)nc(OC[C@@]56CCCN5C[C@H](F)C6)nc4c3F)n2)cc1.